The van der Waals surface area contributed by atoms with Gasteiger partial charge in [0.1, 0.15) is 5.92 Å². The highest BCUT2D eigenvalue weighted by Crippen LogP contribution is 2.19. The minimum absolute atomic E-state index is 0.153. The molecule has 0 aliphatic carbocycles. The molecule has 4 amide bonds. The van der Waals surface area contributed by atoms with E-state index in [1.54, 1.807) is 0 Å². The summed E-state index contributed by atoms with van der Waals surface area (Å²) in [7, 11) is 0. The molecule has 2 atom stereocenters. The fraction of sp³-hybridized carbons (Fsp3) is 0.750. The Morgan fingerprint density at radius 3 is 2.41 bits per heavy atom. The van der Waals surface area contributed by atoms with E-state index in [0.717, 1.165) is 19.3 Å². The van der Waals surface area contributed by atoms with Gasteiger partial charge >= 0.3 is 6.03 Å². The lowest BCUT2D eigenvalue weighted by atomic mass is 9.97. The summed E-state index contributed by atoms with van der Waals surface area (Å²) in [6, 6.07) is -0.728. The van der Waals surface area contributed by atoms with Gasteiger partial charge in [0.15, 0.2) is 0 Å². The zero-order valence-corrected chi connectivity index (χ0v) is 10.7. The van der Waals surface area contributed by atoms with Crippen LogP contribution < -0.4 is 5.32 Å². The maximum atomic E-state index is 12.1. The molecule has 0 spiro atoms. The zero-order valence-electron chi connectivity index (χ0n) is 10.7. The molecule has 1 fully saturated rings. The number of carbonyl (C=O) groups is 3. The average molecular weight is 240 g/mol. The van der Waals surface area contributed by atoms with Crippen LogP contribution in [-0.4, -0.2) is 28.8 Å². The summed E-state index contributed by atoms with van der Waals surface area (Å²) in [5, 5.41) is 2.26. The Hall–Kier alpha value is -1.39. The van der Waals surface area contributed by atoms with Crippen LogP contribution in [0.15, 0.2) is 0 Å². The highest BCUT2D eigenvalue weighted by molar-refractivity contribution is 6.16. The van der Waals surface area contributed by atoms with Crippen molar-refractivity contribution in [2.24, 2.45) is 5.92 Å². The van der Waals surface area contributed by atoms with Crippen LogP contribution in [0.5, 0.6) is 0 Å². The first-order valence-electron chi connectivity index (χ1n) is 6.20. The Morgan fingerprint density at radius 1 is 1.24 bits per heavy atom. The summed E-state index contributed by atoms with van der Waals surface area (Å²) in [6.07, 6.45) is 2.89. The van der Waals surface area contributed by atoms with Crippen LogP contribution in [0.3, 0.4) is 0 Å². The fourth-order valence-electron chi connectivity index (χ4n) is 2.14. The van der Waals surface area contributed by atoms with Crippen molar-refractivity contribution in [2.75, 3.05) is 0 Å². The lowest BCUT2D eigenvalue weighted by Gasteiger charge is -2.34. The van der Waals surface area contributed by atoms with Crippen LogP contribution in [0.1, 0.15) is 46.5 Å². The Bertz CT molecular complexity index is 328. The molecule has 5 nitrogen and oxygen atoms in total. The van der Waals surface area contributed by atoms with E-state index >= 15 is 0 Å². The third kappa shape index (κ3) is 2.84. The molecular formula is C12H20N2O3. The second kappa shape index (κ2) is 5.80. The molecule has 1 saturated heterocycles. The van der Waals surface area contributed by atoms with E-state index in [1.165, 1.54) is 4.90 Å². The van der Waals surface area contributed by atoms with Crippen molar-refractivity contribution >= 4 is 17.8 Å². The number of nitrogens with one attached hydrogen (secondary N) is 1. The van der Waals surface area contributed by atoms with Crippen molar-refractivity contribution in [3.05, 3.63) is 0 Å². The lowest BCUT2D eigenvalue weighted by Crippen LogP contribution is -2.60. The number of hydrogen-bond donors (Lipinski definition) is 1. The number of barbiturate groups is 1. The average Bonchev–Trinajstić information content (AvgIpc) is 2.24. The van der Waals surface area contributed by atoms with Gasteiger partial charge in [-0.15, -0.1) is 0 Å². The van der Waals surface area contributed by atoms with Crippen molar-refractivity contribution in [3.63, 3.8) is 0 Å². The van der Waals surface area contributed by atoms with Gasteiger partial charge in [0.05, 0.1) is 0 Å². The molecule has 0 bridgehead atoms. The van der Waals surface area contributed by atoms with Gasteiger partial charge in [-0.1, -0.05) is 26.7 Å². The molecule has 0 saturated carbocycles. The number of rotatable bonds is 5. The van der Waals surface area contributed by atoms with Crippen LogP contribution in [0.4, 0.5) is 4.79 Å². The standard InChI is InChI=1S/C12H20N2O3/c1-4-6-8(3)14-11(16)9(7-5-2)10(15)13-12(14)17/h8-9H,4-7H2,1-3H3,(H,13,15,17). The highest BCUT2D eigenvalue weighted by Gasteiger charge is 2.41. The minimum Gasteiger partial charge on any atom is -0.277 e. The number of carbonyl (C=O) groups excluding carboxylic acids is 3. The molecule has 1 heterocycles. The first-order chi connectivity index (χ1) is 8.02. The predicted octanol–water partition coefficient (Wildman–Crippen LogP) is 1.67. The monoisotopic (exact) mass is 240 g/mol. The van der Waals surface area contributed by atoms with E-state index in [9.17, 15) is 14.4 Å². The molecule has 0 aromatic carbocycles. The van der Waals surface area contributed by atoms with Crippen LogP contribution in [0.2, 0.25) is 0 Å². The van der Waals surface area contributed by atoms with Crippen molar-refractivity contribution in [1.29, 1.82) is 0 Å². The van der Waals surface area contributed by atoms with Gasteiger partial charge in [-0.2, -0.15) is 0 Å². The summed E-state index contributed by atoms with van der Waals surface area (Å²) >= 11 is 0. The number of hydrogen-bond acceptors (Lipinski definition) is 3. The van der Waals surface area contributed by atoms with Gasteiger partial charge < -0.3 is 0 Å². The Morgan fingerprint density at radius 2 is 1.88 bits per heavy atom. The van der Waals surface area contributed by atoms with Crippen LogP contribution >= 0.6 is 0 Å². The number of urea groups is 1. The molecule has 1 aliphatic rings. The van der Waals surface area contributed by atoms with E-state index in [4.69, 9.17) is 0 Å². The third-order valence-electron chi connectivity index (χ3n) is 3.03. The fourth-order valence-corrected chi connectivity index (χ4v) is 2.14. The van der Waals surface area contributed by atoms with E-state index in [1.807, 2.05) is 20.8 Å². The molecule has 5 heteroatoms. The summed E-state index contributed by atoms with van der Waals surface area (Å²) in [4.78, 5) is 36.5. The maximum Gasteiger partial charge on any atom is 0.331 e. The zero-order chi connectivity index (χ0) is 13.0. The minimum atomic E-state index is -0.697. The van der Waals surface area contributed by atoms with Crippen LogP contribution in [0.25, 0.3) is 0 Å². The van der Waals surface area contributed by atoms with E-state index in [2.05, 4.69) is 5.32 Å². The lowest BCUT2D eigenvalue weighted by molar-refractivity contribution is -0.144. The molecule has 96 valence electrons. The summed E-state index contributed by atoms with van der Waals surface area (Å²) < 4.78 is 0. The normalized spacial score (nSPS) is 22.6. The Labute approximate surface area is 102 Å². The molecule has 0 aromatic heterocycles. The Kier molecular flexibility index (Phi) is 4.66. The van der Waals surface area contributed by atoms with Gasteiger partial charge in [-0.05, 0) is 19.8 Å². The maximum absolute atomic E-state index is 12.1. The summed E-state index contributed by atoms with van der Waals surface area (Å²) in [5.41, 5.74) is 0. The second-order valence-electron chi connectivity index (χ2n) is 4.48. The number of amides is 4. The van der Waals surface area contributed by atoms with Gasteiger partial charge in [0, 0.05) is 6.04 Å². The Balaban J connectivity index is 2.85. The third-order valence-corrected chi connectivity index (χ3v) is 3.03. The molecule has 17 heavy (non-hydrogen) atoms. The second-order valence-corrected chi connectivity index (χ2v) is 4.48. The van der Waals surface area contributed by atoms with Crippen molar-refractivity contribution in [1.82, 2.24) is 10.2 Å². The first-order valence-corrected chi connectivity index (χ1v) is 6.20. The first kappa shape index (κ1) is 13.7. The molecule has 1 N–H and O–H groups in total. The van der Waals surface area contributed by atoms with Gasteiger partial charge in [0.25, 0.3) is 0 Å². The van der Waals surface area contributed by atoms with Crippen LogP contribution in [-0.2, 0) is 9.59 Å². The van der Waals surface area contributed by atoms with E-state index in [0.29, 0.717) is 6.42 Å². The molecular weight excluding hydrogens is 220 g/mol. The van der Waals surface area contributed by atoms with E-state index < -0.39 is 17.9 Å². The van der Waals surface area contributed by atoms with Crippen molar-refractivity contribution < 1.29 is 14.4 Å². The van der Waals surface area contributed by atoms with Crippen molar-refractivity contribution in [3.8, 4) is 0 Å². The largest absolute Gasteiger partial charge is 0.331 e. The summed E-state index contributed by atoms with van der Waals surface area (Å²) in [6.45, 7) is 5.74. The molecule has 2 unspecified atom stereocenters. The molecule has 0 radical (unpaired) electrons. The summed E-state index contributed by atoms with van der Waals surface area (Å²) in [5.74, 6) is -1.50. The van der Waals surface area contributed by atoms with Gasteiger partial charge in [-0.3, -0.25) is 19.8 Å². The number of imide groups is 2. The SMILES string of the molecule is CCCC1C(=O)NC(=O)N(C(C)CCC)C1=O. The van der Waals surface area contributed by atoms with Crippen molar-refractivity contribution in [2.45, 2.75) is 52.5 Å². The molecule has 1 rings (SSSR count). The molecule has 1 aliphatic heterocycles. The predicted molar refractivity (Wildman–Crippen MR) is 63.2 cm³/mol. The smallest absolute Gasteiger partial charge is 0.277 e. The van der Waals surface area contributed by atoms with E-state index in [-0.39, 0.29) is 11.9 Å². The van der Waals surface area contributed by atoms with Gasteiger partial charge in [0.2, 0.25) is 11.8 Å². The highest BCUT2D eigenvalue weighted by atomic mass is 16.2. The quantitative estimate of drug-likeness (QED) is 0.743. The molecule has 0 aromatic rings. The topological polar surface area (TPSA) is 66.5 Å². The van der Waals surface area contributed by atoms with Crippen LogP contribution in [0, 0.1) is 5.92 Å². The number of nitrogens with zero attached hydrogens (tertiary/aromatic N) is 1. The van der Waals surface area contributed by atoms with Gasteiger partial charge in [-0.25, -0.2) is 4.79 Å².